The van der Waals surface area contributed by atoms with Crippen LogP contribution in [0.1, 0.15) is 12.5 Å². The molecule has 22 heavy (non-hydrogen) atoms. The van der Waals surface area contributed by atoms with Crippen LogP contribution in [0, 0.1) is 0 Å². The first-order chi connectivity index (χ1) is 10.2. The van der Waals surface area contributed by atoms with Crippen LogP contribution in [-0.4, -0.2) is 29.9 Å². The van der Waals surface area contributed by atoms with Crippen molar-refractivity contribution in [3.63, 3.8) is 0 Å². The number of urea groups is 1. The molecule has 0 saturated heterocycles. The molecule has 0 aliphatic carbocycles. The molecular formula is C13H16Cl2N4O3. The average Bonchev–Trinajstić information content (AvgIpc) is 2.38. The van der Waals surface area contributed by atoms with E-state index in [0.29, 0.717) is 16.5 Å². The molecule has 1 aromatic carbocycles. The molecule has 0 bridgehead atoms. The zero-order valence-electron chi connectivity index (χ0n) is 11.7. The van der Waals surface area contributed by atoms with E-state index in [0.717, 1.165) is 5.56 Å². The molecule has 0 aliphatic heterocycles. The summed E-state index contributed by atoms with van der Waals surface area (Å²) in [6, 6.07) is 2.41. The molecule has 120 valence electrons. The van der Waals surface area contributed by atoms with E-state index < -0.39 is 23.9 Å². The number of nitrogens with two attached hydrogens (primary N) is 2. The molecule has 6 N–H and O–H groups in total. The molecule has 1 rings (SSSR count). The lowest BCUT2D eigenvalue weighted by atomic mass is 10.1. The summed E-state index contributed by atoms with van der Waals surface area (Å²) >= 11 is 11.8. The van der Waals surface area contributed by atoms with E-state index in [1.54, 1.807) is 25.1 Å². The highest BCUT2D eigenvalue weighted by Crippen LogP contribution is 2.22. The Morgan fingerprint density at radius 1 is 1.14 bits per heavy atom. The van der Waals surface area contributed by atoms with E-state index in [4.69, 9.17) is 34.7 Å². The van der Waals surface area contributed by atoms with Gasteiger partial charge in [-0.2, -0.15) is 0 Å². The Hall–Kier alpha value is -1.99. The maximum atomic E-state index is 11.7. The van der Waals surface area contributed by atoms with Gasteiger partial charge in [-0.1, -0.05) is 29.3 Å². The number of benzene rings is 1. The van der Waals surface area contributed by atoms with Crippen LogP contribution in [0.4, 0.5) is 4.79 Å². The van der Waals surface area contributed by atoms with Crippen LogP contribution in [-0.2, 0) is 16.0 Å². The fourth-order valence-electron chi connectivity index (χ4n) is 1.75. The van der Waals surface area contributed by atoms with Gasteiger partial charge < -0.3 is 22.1 Å². The van der Waals surface area contributed by atoms with E-state index in [1.807, 2.05) is 0 Å². The van der Waals surface area contributed by atoms with Crippen molar-refractivity contribution in [2.45, 2.75) is 25.4 Å². The Labute approximate surface area is 137 Å². The molecule has 0 aromatic heterocycles. The summed E-state index contributed by atoms with van der Waals surface area (Å²) in [5.41, 5.74) is 10.7. The lowest BCUT2D eigenvalue weighted by Gasteiger charge is -2.17. The SMILES string of the molecule is CC(Cc1ccc(Cl)cc1Cl)NC(=O)NC(C(N)=O)C(N)=O. The van der Waals surface area contributed by atoms with Crippen molar-refractivity contribution in [3.8, 4) is 0 Å². The van der Waals surface area contributed by atoms with Crippen molar-refractivity contribution in [1.82, 2.24) is 10.6 Å². The maximum Gasteiger partial charge on any atom is 0.316 e. The Morgan fingerprint density at radius 2 is 1.73 bits per heavy atom. The molecule has 0 radical (unpaired) electrons. The number of hydrogen-bond acceptors (Lipinski definition) is 3. The summed E-state index contributed by atoms with van der Waals surface area (Å²) in [5, 5.41) is 5.65. The van der Waals surface area contributed by atoms with Crippen LogP contribution in [0.15, 0.2) is 18.2 Å². The Balaban J connectivity index is 2.60. The van der Waals surface area contributed by atoms with Crippen molar-refractivity contribution < 1.29 is 14.4 Å². The second kappa shape index (κ2) is 7.86. The fraction of sp³-hybridized carbons (Fsp3) is 0.308. The highest BCUT2D eigenvalue weighted by atomic mass is 35.5. The standard InChI is InChI=1S/C13H16Cl2N4O3/c1-6(4-7-2-3-8(14)5-9(7)15)18-13(22)19-10(11(16)20)12(17)21/h2-3,5-6,10H,4H2,1H3,(H2,16,20)(H2,17,21)(H2,18,19,22). The molecule has 0 saturated carbocycles. The molecule has 0 spiro atoms. The van der Waals surface area contributed by atoms with Crippen LogP contribution in [0.25, 0.3) is 0 Å². The molecule has 0 aliphatic rings. The average molecular weight is 347 g/mol. The monoisotopic (exact) mass is 346 g/mol. The van der Waals surface area contributed by atoms with Gasteiger partial charge in [-0.05, 0) is 31.0 Å². The summed E-state index contributed by atoms with van der Waals surface area (Å²) in [6.45, 7) is 1.73. The normalized spacial score (nSPS) is 11.8. The number of nitrogens with one attached hydrogen (secondary N) is 2. The van der Waals surface area contributed by atoms with Crippen LogP contribution in [0.3, 0.4) is 0 Å². The molecule has 1 aromatic rings. The van der Waals surface area contributed by atoms with Gasteiger partial charge in [0.05, 0.1) is 0 Å². The number of carbonyl (C=O) groups excluding carboxylic acids is 3. The fourth-order valence-corrected chi connectivity index (χ4v) is 2.23. The molecular weight excluding hydrogens is 331 g/mol. The first-order valence-electron chi connectivity index (χ1n) is 6.30. The van der Waals surface area contributed by atoms with Crippen molar-refractivity contribution in [3.05, 3.63) is 33.8 Å². The third-order valence-electron chi connectivity index (χ3n) is 2.76. The molecule has 0 fully saturated rings. The van der Waals surface area contributed by atoms with Gasteiger partial charge in [0.25, 0.3) is 0 Å². The number of hydrogen-bond donors (Lipinski definition) is 4. The third kappa shape index (κ3) is 5.42. The highest BCUT2D eigenvalue weighted by Gasteiger charge is 2.24. The highest BCUT2D eigenvalue weighted by molar-refractivity contribution is 6.35. The molecule has 7 nitrogen and oxygen atoms in total. The molecule has 1 unspecified atom stereocenters. The van der Waals surface area contributed by atoms with Crippen LogP contribution < -0.4 is 22.1 Å². The second-order valence-corrected chi connectivity index (χ2v) is 5.54. The van der Waals surface area contributed by atoms with Gasteiger partial charge in [0.1, 0.15) is 0 Å². The van der Waals surface area contributed by atoms with Gasteiger partial charge in [0, 0.05) is 16.1 Å². The Kier molecular flexibility index (Phi) is 6.45. The summed E-state index contributed by atoms with van der Waals surface area (Å²) in [4.78, 5) is 33.7. The molecule has 1 atom stereocenters. The van der Waals surface area contributed by atoms with E-state index in [-0.39, 0.29) is 6.04 Å². The van der Waals surface area contributed by atoms with E-state index in [1.165, 1.54) is 0 Å². The first-order valence-corrected chi connectivity index (χ1v) is 7.06. The predicted octanol–water partition coefficient (Wildman–Crippen LogP) is 0.563. The maximum absolute atomic E-state index is 11.7. The van der Waals surface area contributed by atoms with Gasteiger partial charge in [-0.15, -0.1) is 0 Å². The number of rotatable bonds is 6. The quantitative estimate of drug-likeness (QED) is 0.562. The smallest absolute Gasteiger partial charge is 0.316 e. The second-order valence-electron chi connectivity index (χ2n) is 4.70. The Morgan fingerprint density at radius 3 is 2.23 bits per heavy atom. The minimum atomic E-state index is -1.56. The van der Waals surface area contributed by atoms with Gasteiger partial charge in [-0.25, -0.2) is 4.79 Å². The minimum absolute atomic E-state index is 0.319. The molecule has 0 heterocycles. The first kappa shape index (κ1) is 18.1. The summed E-state index contributed by atoms with van der Waals surface area (Å²) in [6.07, 6.45) is 0.432. The van der Waals surface area contributed by atoms with Gasteiger partial charge >= 0.3 is 6.03 Å². The van der Waals surface area contributed by atoms with E-state index >= 15 is 0 Å². The van der Waals surface area contributed by atoms with Gasteiger partial charge in [-0.3, -0.25) is 9.59 Å². The van der Waals surface area contributed by atoms with Crippen molar-refractivity contribution in [2.24, 2.45) is 11.5 Å². The zero-order valence-corrected chi connectivity index (χ0v) is 13.2. The molecule has 9 heteroatoms. The van der Waals surface area contributed by atoms with E-state index in [9.17, 15) is 14.4 Å². The van der Waals surface area contributed by atoms with Crippen molar-refractivity contribution >= 4 is 41.0 Å². The summed E-state index contributed by atoms with van der Waals surface area (Å²) < 4.78 is 0. The third-order valence-corrected chi connectivity index (χ3v) is 3.35. The summed E-state index contributed by atoms with van der Waals surface area (Å²) in [5.74, 6) is -2.06. The Bertz CT molecular complexity index is 581. The molecule has 4 amide bonds. The van der Waals surface area contributed by atoms with Crippen molar-refractivity contribution in [2.75, 3.05) is 0 Å². The number of carbonyl (C=O) groups is 3. The lowest BCUT2D eigenvalue weighted by Crippen LogP contribution is -2.56. The van der Waals surface area contributed by atoms with Crippen molar-refractivity contribution in [1.29, 1.82) is 0 Å². The zero-order chi connectivity index (χ0) is 16.9. The van der Waals surface area contributed by atoms with E-state index in [2.05, 4.69) is 10.6 Å². The summed E-state index contributed by atoms with van der Waals surface area (Å²) in [7, 11) is 0. The number of primary amides is 2. The largest absolute Gasteiger partial charge is 0.367 e. The topological polar surface area (TPSA) is 127 Å². The van der Waals surface area contributed by atoms with Gasteiger partial charge in [0.15, 0.2) is 6.04 Å². The van der Waals surface area contributed by atoms with Gasteiger partial charge in [0.2, 0.25) is 11.8 Å². The number of halogens is 2. The van der Waals surface area contributed by atoms with Crippen LogP contribution in [0.5, 0.6) is 0 Å². The number of amides is 4. The predicted molar refractivity (Wildman–Crippen MR) is 83.5 cm³/mol. The minimum Gasteiger partial charge on any atom is -0.367 e. The van der Waals surface area contributed by atoms with Crippen LogP contribution in [0.2, 0.25) is 10.0 Å². The lowest BCUT2D eigenvalue weighted by molar-refractivity contribution is -0.128. The van der Waals surface area contributed by atoms with Crippen LogP contribution >= 0.6 is 23.2 Å².